The first kappa shape index (κ1) is 23.7. The first-order valence-corrected chi connectivity index (χ1v) is 12.9. The molecule has 174 valence electrons. The summed E-state index contributed by atoms with van der Waals surface area (Å²) >= 11 is 1.08. The third-order valence-electron chi connectivity index (χ3n) is 4.89. The number of carbonyl (C=O) groups is 1. The van der Waals surface area contributed by atoms with Crippen LogP contribution in [0.3, 0.4) is 0 Å². The molecule has 0 saturated carbocycles. The maximum absolute atomic E-state index is 13.8. The van der Waals surface area contributed by atoms with E-state index in [0.29, 0.717) is 10.8 Å². The highest BCUT2D eigenvalue weighted by molar-refractivity contribution is 7.99. The quantitative estimate of drug-likeness (QED) is 0.363. The van der Waals surface area contributed by atoms with E-state index in [0.717, 1.165) is 17.3 Å². The number of hydrogen-bond donors (Lipinski definition) is 1. The molecule has 0 aliphatic carbocycles. The van der Waals surface area contributed by atoms with Gasteiger partial charge in [-0.2, -0.15) is 0 Å². The fraction of sp³-hybridized carbons (Fsp3) is 0.125. The van der Waals surface area contributed by atoms with Crippen LogP contribution in [0.15, 0.2) is 88.9 Å². The lowest BCUT2D eigenvalue weighted by molar-refractivity contribution is -0.113. The Hall–Kier alpha value is -3.50. The summed E-state index contributed by atoms with van der Waals surface area (Å²) in [4.78, 5) is 12.6. The van der Waals surface area contributed by atoms with Crippen LogP contribution in [0.4, 0.5) is 10.1 Å². The lowest BCUT2D eigenvalue weighted by Crippen LogP contribution is -2.16. The number of aryl methyl sites for hydroxylation is 1. The Morgan fingerprint density at radius 2 is 1.65 bits per heavy atom. The van der Waals surface area contributed by atoms with Crippen LogP contribution in [-0.2, 0) is 20.4 Å². The highest BCUT2D eigenvalue weighted by atomic mass is 32.2. The number of halogens is 1. The first-order chi connectivity index (χ1) is 16.3. The third-order valence-corrected chi connectivity index (χ3v) is 7.45. The number of amides is 1. The summed E-state index contributed by atoms with van der Waals surface area (Å²) in [5.41, 5.74) is 1.71. The molecule has 10 heteroatoms. The highest BCUT2D eigenvalue weighted by Gasteiger charge is 2.23. The smallest absolute Gasteiger partial charge is 0.234 e. The van der Waals surface area contributed by atoms with Crippen LogP contribution >= 0.6 is 11.8 Å². The van der Waals surface area contributed by atoms with Gasteiger partial charge in [0.25, 0.3) is 0 Å². The maximum atomic E-state index is 13.8. The lowest BCUT2D eigenvalue weighted by atomic mass is 10.2. The number of benzene rings is 3. The van der Waals surface area contributed by atoms with Crippen LogP contribution in [0.2, 0.25) is 0 Å². The van der Waals surface area contributed by atoms with Crippen molar-refractivity contribution in [2.24, 2.45) is 0 Å². The van der Waals surface area contributed by atoms with Crippen molar-refractivity contribution in [2.75, 3.05) is 11.1 Å². The summed E-state index contributed by atoms with van der Waals surface area (Å²) in [6.45, 7) is 1.88. The second kappa shape index (κ2) is 10.2. The van der Waals surface area contributed by atoms with Crippen LogP contribution in [0.1, 0.15) is 11.4 Å². The molecule has 0 fully saturated rings. The van der Waals surface area contributed by atoms with Gasteiger partial charge in [0, 0.05) is 5.69 Å². The topological polar surface area (TPSA) is 94.0 Å². The molecule has 3 aromatic carbocycles. The van der Waals surface area contributed by atoms with Crippen molar-refractivity contribution < 1.29 is 17.6 Å². The van der Waals surface area contributed by atoms with Gasteiger partial charge in [-0.1, -0.05) is 59.8 Å². The molecular formula is C24H21FN4O3S2. The van der Waals surface area contributed by atoms with Crippen molar-refractivity contribution in [2.45, 2.75) is 22.7 Å². The Bertz CT molecular complexity index is 1410. The van der Waals surface area contributed by atoms with E-state index >= 15 is 0 Å². The Morgan fingerprint density at radius 1 is 0.971 bits per heavy atom. The molecule has 4 aromatic rings. The van der Waals surface area contributed by atoms with E-state index in [-0.39, 0.29) is 27.9 Å². The number of anilines is 1. The number of aromatic nitrogens is 3. The molecule has 0 aliphatic heterocycles. The standard InChI is InChI=1S/C24H21FN4O3S2/c1-17-11-13-19(14-12-17)34(31,32)16-22-27-28-24(29(22)18-7-3-2-4-8-18)33-15-23(30)26-21-10-6-5-9-20(21)25/h2-14H,15-16H2,1H3,(H,26,30). The molecule has 34 heavy (non-hydrogen) atoms. The molecule has 0 atom stereocenters. The summed E-state index contributed by atoms with van der Waals surface area (Å²) in [5.74, 6) is -1.16. The minimum absolute atomic E-state index is 0.0655. The van der Waals surface area contributed by atoms with E-state index < -0.39 is 21.6 Å². The predicted molar refractivity (Wildman–Crippen MR) is 129 cm³/mol. The molecule has 4 rings (SSSR count). The monoisotopic (exact) mass is 496 g/mol. The van der Waals surface area contributed by atoms with Crippen molar-refractivity contribution >= 4 is 33.2 Å². The van der Waals surface area contributed by atoms with Crippen LogP contribution < -0.4 is 5.32 Å². The van der Waals surface area contributed by atoms with Crippen molar-refractivity contribution in [3.63, 3.8) is 0 Å². The Morgan fingerprint density at radius 3 is 2.35 bits per heavy atom. The second-order valence-electron chi connectivity index (χ2n) is 7.46. The van der Waals surface area contributed by atoms with Crippen LogP contribution in [0.5, 0.6) is 0 Å². The zero-order valence-electron chi connectivity index (χ0n) is 18.2. The Balaban J connectivity index is 1.58. The molecule has 0 saturated heterocycles. The van der Waals surface area contributed by atoms with Crippen molar-refractivity contribution in [3.8, 4) is 5.69 Å². The third kappa shape index (κ3) is 5.52. The van der Waals surface area contributed by atoms with E-state index in [1.165, 1.54) is 18.2 Å². The second-order valence-corrected chi connectivity index (χ2v) is 10.4. The summed E-state index contributed by atoms with van der Waals surface area (Å²) < 4.78 is 41.5. The number of para-hydroxylation sites is 2. The molecule has 1 amide bonds. The number of thioether (sulfide) groups is 1. The van der Waals surface area contributed by atoms with Gasteiger partial charge >= 0.3 is 0 Å². The van der Waals surface area contributed by atoms with Gasteiger partial charge in [-0.15, -0.1) is 10.2 Å². The highest BCUT2D eigenvalue weighted by Crippen LogP contribution is 2.25. The molecule has 0 aliphatic rings. The molecule has 1 heterocycles. The first-order valence-electron chi connectivity index (χ1n) is 10.3. The van der Waals surface area contributed by atoms with Gasteiger partial charge in [0.2, 0.25) is 5.91 Å². The van der Waals surface area contributed by atoms with Crippen molar-refractivity contribution in [3.05, 3.63) is 96.1 Å². The van der Waals surface area contributed by atoms with Gasteiger partial charge in [0.15, 0.2) is 20.8 Å². The minimum Gasteiger partial charge on any atom is -0.323 e. The Labute approximate surface area is 201 Å². The molecular weight excluding hydrogens is 475 g/mol. The fourth-order valence-electron chi connectivity index (χ4n) is 3.20. The van der Waals surface area contributed by atoms with E-state index in [2.05, 4.69) is 15.5 Å². The molecule has 7 nitrogen and oxygen atoms in total. The van der Waals surface area contributed by atoms with E-state index in [4.69, 9.17) is 0 Å². The van der Waals surface area contributed by atoms with Gasteiger partial charge in [0.05, 0.1) is 16.3 Å². The average molecular weight is 497 g/mol. The zero-order chi connectivity index (χ0) is 24.1. The average Bonchev–Trinajstić information content (AvgIpc) is 3.21. The number of carbonyl (C=O) groups excluding carboxylic acids is 1. The Kier molecular flexibility index (Phi) is 7.09. The summed E-state index contributed by atoms with van der Waals surface area (Å²) in [6.07, 6.45) is 0. The summed E-state index contributed by atoms with van der Waals surface area (Å²) in [7, 11) is -3.68. The molecule has 0 unspecified atom stereocenters. The number of nitrogens with one attached hydrogen (secondary N) is 1. The van der Waals surface area contributed by atoms with Gasteiger partial charge in [-0.3, -0.25) is 9.36 Å². The SMILES string of the molecule is Cc1ccc(S(=O)(=O)Cc2nnc(SCC(=O)Nc3ccccc3F)n2-c2ccccc2)cc1. The molecule has 0 bridgehead atoms. The largest absolute Gasteiger partial charge is 0.323 e. The number of hydrogen-bond acceptors (Lipinski definition) is 6. The van der Waals surface area contributed by atoms with Gasteiger partial charge in [0.1, 0.15) is 11.6 Å². The fourth-order valence-corrected chi connectivity index (χ4v) is 5.22. The molecule has 0 radical (unpaired) electrons. The minimum atomic E-state index is -3.68. The van der Waals surface area contributed by atoms with Gasteiger partial charge < -0.3 is 5.32 Å². The van der Waals surface area contributed by atoms with Crippen molar-refractivity contribution in [1.29, 1.82) is 0 Å². The zero-order valence-corrected chi connectivity index (χ0v) is 19.8. The van der Waals surface area contributed by atoms with E-state index in [9.17, 15) is 17.6 Å². The van der Waals surface area contributed by atoms with Crippen molar-refractivity contribution in [1.82, 2.24) is 14.8 Å². The lowest BCUT2D eigenvalue weighted by Gasteiger charge is -2.11. The number of sulfone groups is 1. The van der Waals surface area contributed by atoms with Gasteiger partial charge in [-0.25, -0.2) is 12.8 Å². The van der Waals surface area contributed by atoms with Crippen LogP contribution in [-0.4, -0.2) is 34.8 Å². The summed E-state index contributed by atoms with van der Waals surface area (Å²) in [6, 6.07) is 21.6. The molecule has 1 aromatic heterocycles. The summed E-state index contributed by atoms with van der Waals surface area (Å²) in [5, 5.41) is 11.1. The number of rotatable bonds is 8. The van der Waals surface area contributed by atoms with E-state index in [1.807, 2.05) is 25.1 Å². The normalized spacial score (nSPS) is 11.4. The molecule has 1 N–H and O–H groups in total. The van der Waals surface area contributed by atoms with Crippen LogP contribution in [0, 0.1) is 12.7 Å². The molecule has 0 spiro atoms. The predicted octanol–water partition coefficient (Wildman–Crippen LogP) is 4.42. The maximum Gasteiger partial charge on any atom is 0.234 e. The van der Waals surface area contributed by atoms with E-state index in [1.54, 1.807) is 47.0 Å². The van der Waals surface area contributed by atoms with Gasteiger partial charge in [-0.05, 0) is 43.3 Å². The number of nitrogens with zero attached hydrogens (tertiary/aromatic N) is 3. The van der Waals surface area contributed by atoms with Crippen LogP contribution in [0.25, 0.3) is 5.69 Å².